The lowest BCUT2D eigenvalue weighted by atomic mass is 10.2. The maximum absolute atomic E-state index is 11.9. The zero-order chi connectivity index (χ0) is 16.3. The van der Waals surface area contributed by atoms with Crippen LogP contribution in [0.4, 0.5) is 0 Å². The van der Waals surface area contributed by atoms with Gasteiger partial charge in [-0.2, -0.15) is 0 Å². The Bertz CT molecular complexity index is 627. The molecule has 10 heteroatoms. The first kappa shape index (κ1) is 16.3. The van der Waals surface area contributed by atoms with E-state index in [2.05, 4.69) is 10.9 Å². The second-order valence-electron chi connectivity index (χ2n) is 5.13. The summed E-state index contributed by atoms with van der Waals surface area (Å²) in [5.74, 6) is -1.53. The van der Waals surface area contributed by atoms with Crippen molar-refractivity contribution in [2.24, 2.45) is 0 Å². The zero-order valence-electron chi connectivity index (χ0n) is 12.0. The average molecular weight is 331 g/mol. The molecule has 1 saturated heterocycles. The molecule has 0 aliphatic carbocycles. The number of nitrogens with zero attached hydrogens (tertiary/aromatic N) is 1. The van der Waals surface area contributed by atoms with Crippen molar-refractivity contribution in [1.82, 2.24) is 15.8 Å². The maximum Gasteiger partial charge on any atom is 0.356 e. The number of hydrazine groups is 1. The summed E-state index contributed by atoms with van der Waals surface area (Å²) < 4.78 is 27.6. The number of carbonyl (C=O) groups excluding carboxylic acids is 3. The smallest absolute Gasteiger partial charge is 0.356 e. The topological polar surface area (TPSA) is 122 Å². The number of hydrogen-bond donors (Lipinski definition) is 2. The van der Waals surface area contributed by atoms with E-state index in [1.165, 1.54) is 18.0 Å². The molecule has 2 heterocycles. The normalized spacial score (nSPS) is 23.0. The Hall–Kier alpha value is -2.10. The predicted octanol–water partition coefficient (Wildman–Crippen LogP) is -1.92. The summed E-state index contributed by atoms with van der Waals surface area (Å²) in [5.41, 5.74) is 4.68. The van der Waals surface area contributed by atoms with Gasteiger partial charge in [0.15, 0.2) is 16.4 Å². The first-order valence-corrected chi connectivity index (χ1v) is 8.49. The van der Waals surface area contributed by atoms with Crippen LogP contribution in [-0.4, -0.2) is 62.3 Å². The molecule has 2 N–H and O–H groups in total. The number of ether oxygens (including phenoxy) is 1. The van der Waals surface area contributed by atoms with Gasteiger partial charge in [0, 0.05) is 19.5 Å². The van der Waals surface area contributed by atoms with Crippen LogP contribution < -0.4 is 10.9 Å². The number of rotatable bonds is 4. The van der Waals surface area contributed by atoms with Gasteiger partial charge in [-0.3, -0.25) is 20.4 Å². The number of hydrogen-bond acceptors (Lipinski definition) is 7. The molecule has 2 aliphatic heterocycles. The highest BCUT2D eigenvalue weighted by Crippen LogP contribution is 2.16. The average Bonchev–Trinajstić information content (AvgIpc) is 2.84. The van der Waals surface area contributed by atoms with Gasteiger partial charge in [0.05, 0.1) is 11.5 Å². The summed E-state index contributed by atoms with van der Waals surface area (Å²) in [6.07, 6.45) is 1.79. The van der Waals surface area contributed by atoms with Gasteiger partial charge in [-0.05, 0) is 12.5 Å². The molecule has 0 saturated carbocycles. The van der Waals surface area contributed by atoms with E-state index in [1.807, 2.05) is 0 Å². The van der Waals surface area contributed by atoms with Crippen molar-refractivity contribution >= 4 is 27.6 Å². The molecule has 2 amide bonds. The third kappa shape index (κ3) is 3.97. The molecule has 0 aromatic rings. The molecule has 2 aliphatic rings. The summed E-state index contributed by atoms with van der Waals surface area (Å²) in [4.78, 5) is 35.8. The summed E-state index contributed by atoms with van der Waals surface area (Å²) in [7, 11) is -1.60. The molecule has 0 bridgehead atoms. The van der Waals surface area contributed by atoms with Crippen molar-refractivity contribution in [2.75, 3.05) is 25.2 Å². The highest BCUT2D eigenvalue weighted by atomic mass is 32.2. The Balaban J connectivity index is 1.82. The second-order valence-corrected chi connectivity index (χ2v) is 7.36. The summed E-state index contributed by atoms with van der Waals surface area (Å²) in [5, 5.41) is 0. The molecule has 122 valence electrons. The Kier molecular flexibility index (Phi) is 4.69. The summed E-state index contributed by atoms with van der Waals surface area (Å²) in [6, 6.07) is -0.387. The molecule has 0 radical (unpaired) electrons. The van der Waals surface area contributed by atoms with Gasteiger partial charge in [-0.15, -0.1) is 0 Å². The third-order valence-electron chi connectivity index (χ3n) is 3.52. The summed E-state index contributed by atoms with van der Waals surface area (Å²) >= 11 is 0. The zero-order valence-corrected chi connectivity index (χ0v) is 12.8. The van der Waals surface area contributed by atoms with Crippen LogP contribution in [0.15, 0.2) is 11.8 Å². The van der Waals surface area contributed by atoms with Gasteiger partial charge in [0.25, 0.3) is 5.91 Å². The standard InChI is InChI=1S/C12H17N3O6S/c1-15(8-4-5-22(19,20)7-8)11(17)6-21-12(18)9-2-3-10(16)14-13-9/h2,8,13H,3-7H2,1H3,(H,14,16)/t8-/m1/s1. The van der Waals surface area contributed by atoms with Crippen molar-refractivity contribution in [2.45, 2.75) is 18.9 Å². The molecular formula is C12H17N3O6S. The predicted molar refractivity (Wildman–Crippen MR) is 74.8 cm³/mol. The first-order valence-electron chi connectivity index (χ1n) is 6.67. The lowest BCUT2D eigenvalue weighted by molar-refractivity contribution is -0.149. The minimum absolute atomic E-state index is 0.0468. The SMILES string of the molecule is CN(C(=O)COC(=O)C1=CCC(=O)NN1)[C@@H]1CCS(=O)(=O)C1. The van der Waals surface area contributed by atoms with Crippen LogP contribution in [0.5, 0.6) is 0 Å². The minimum atomic E-state index is -3.09. The Morgan fingerprint density at radius 1 is 1.41 bits per heavy atom. The van der Waals surface area contributed by atoms with Crippen LogP contribution in [0.3, 0.4) is 0 Å². The Labute approximate surface area is 127 Å². The van der Waals surface area contributed by atoms with Crippen LogP contribution in [0.2, 0.25) is 0 Å². The van der Waals surface area contributed by atoms with Crippen LogP contribution >= 0.6 is 0 Å². The van der Waals surface area contributed by atoms with Crippen molar-refractivity contribution in [3.63, 3.8) is 0 Å². The number of amides is 2. The molecule has 1 atom stereocenters. The molecule has 0 aromatic heterocycles. The van der Waals surface area contributed by atoms with Crippen molar-refractivity contribution in [3.05, 3.63) is 11.8 Å². The third-order valence-corrected chi connectivity index (χ3v) is 5.27. The van der Waals surface area contributed by atoms with E-state index in [0.29, 0.717) is 6.42 Å². The largest absolute Gasteiger partial charge is 0.451 e. The van der Waals surface area contributed by atoms with Crippen LogP contribution in [0, 0.1) is 0 Å². The van der Waals surface area contributed by atoms with E-state index in [9.17, 15) is 22.8 Å². The van der Waals surface area contributed by atoms with Gasteiger partial charge >= 0.3 is 5.97 Å². The lowest BCUT2D eigenvalue weighted by Crippen LogP contribution is -2.43. The van der Waals surface area contributed by atoms with Gasteiger partial charge < -0.3 is 9.64 Å². The van der Waals surface area contributed by atoms with E-state index in [0.717, 1.165) is 0 Å². The van der Waals surface area contributed by atoms with Gasteiger partial charge in [-0.25, -0.2) is 13.2 Å². The fourth-order valence-corrected chi connectivity index (χ4v) is 3.93. The molecular weight excluding hydrogens is 314 g/mol. The number of nitrogens with one attached hydrogen (secondary N) is 2. The second kappa shape index (κ2) is 6.34. The van der Waals surface area contributed by atoms with E-state index in [4.69, 9.17) is 4.74 Å². The van der Waals surface area contributed by atoms with Crippen LogP contribution in [0.1, 0.15) is 12.8 Å². The minimum Gasteiger partial charge on any atom is -0.451 e. The molecule has 0 unspecified atom stereocenters. The van der Waals surface area contributed by atoms with E-state index in [1.54, 1.807) is 0 Å². The van der Waals surface area contributed by atoms with Crippen molar-refractivity contribution in [1.29, 1.82) is 0 Å². The number of likely N-dealkylation sites (N-methyl/N-ethyl adjacent to an activating group) is 1. The van der Waals surface area contributed by atoms with Crippen LogP contribution in [-0.2, 0) is 29.0 Å². The first-order chi connectivity index (χ1) is 10.3. The Morgan fingerprint density at radius 3 is 2.68 bits per heavy atom. The van der Waals surface area contributed by atoms with E-state index < -0.39 is 28.3 Å². The molecule has 22 heavy (non-hydrogen) atoms. The highest BCUT2D eigenvalue weighted by molar-refractivity contribution is 7.91. The van der Waals surface area contributed by atoms with Gasteiger partial charge in [0.1, 0.15) is 5.70 Å². The van der Waals surface area contributed by atoms with Gasteiger partial charge in [0.2, 0.25) is 5.91 Å². The fourth-order valence-electron chi connectivity index (χ4n) is 2.16. The number of carbonyl (C=O) groups is 3. The van der Waals surface area contributed by atoms with Gasteiger partial charge in [-0.1, -0.05) is 0 Å². The maximum atomic E-state index is 11.9. The quantitative estimate of drug-likeness (QED) is 0.576. The number of esters is 1. The van der Waals surface area contributed by atoms with Crippen molar-refractivity contribution in [3.8, 4) is 0 Å². The molecule has 1 fully saturated rings. The monoisotopic (exact) mass is 331 g/mol. The summed E-state index contributed by atoms with van der Waals surface area (Å²) in [6.45, 7) is -0.487. The number of sulfone groups is 1. The molecule has 2 rings (SSSR count). The molecule has 9 nitrogen and oxygen atoms in total. The fraction of sp³-hybridized carbons (Fsp3) is 0.583. The van der Waals surface area contributed by atoms with E-state index >= 15 is 0 Å². The Morgan fingerprint density at radius 2 is 2.14 bits per heavy atom. The molecule has 0 aromatic carbocycles. The van der Waals surface area contributed by atoms with Crippen LogP contribution in [0.25, 0.3) is 0 Å². The van der Waals surface area contributed by atoms with E-state index in [-0.39, 0.29) is 35.6 Å². The highest BCUT2D eigenvalue weighted by Gasteiger charge is 2.33. The molecule has 0 spiro atoms. The lowest BCUT2D eigenvalue weighted by Gasteiger charge is -2.23. The van der Waals surface area contributed by atoms with Crippen molar-refractivity contribution < 1.29 is 27.5 Å².